The molecule has 1 atom stereocenters. The molecule has 0 spiro atoms. The van der Waals surface area contributed by atoms with Gasteiger partial charge in [0.1, 0.15) is 11.6 Å². The van der Waals surface area contributed by atoms with E-state index in [0.717, 1.165) is 17.3 Å². The molecule has 4 heteroatoms. The standard InChI is InChI=1S/C13H12F2N2/c1-8-4-9(2-3-17-8)13(16)10-5-11(14)7-12(15)6-10/h2-7,13H,16H2,1H3. The van der Waals surface area contributed by atoms with Crippen molar-refractivity contribution in [1.29, 1.82) is 0 Å². The molecule has 0 fully saturated rings. The smallest absolute Gasteiger partial charge is 0.126 e. The number of aryl methyl sites for hydroxylation is 1. The van der Waals surface area contributed by atoms with E-state index in [1.54, 1.807) is 18.3 Å². The van der Waals surface area contributed by atoms with Crippen LogP contribution in [0.5, 0.6) is 0 Å². The first-order valence-corrected chi connectivity index (χ1v) is 5.20. The zero-order valence-corrected chi connectivity index (χ0v) is 9.32. The molecule has 2 N–H and O–H groups in total. The first-order valence-electron chi connectivity index (χ1n) is 5.20. The Labute approximate surface area is 98.1 Å². The Balaban J connectivity index is 2.39. The first kappa shape index (κ1) is 11.7. The zero-order chi connectivity index (χ0) is 12.4. The predicted molar refractivity (Wildman–Crippen MR) is 61.4 cm³/mol. The number of nitrogens with two attached hydrogens (primary N) is 1. The summed E-state index contributed by atoms with van der Waals surface area (Å²) in [5.74, 6) is -1.25. The predicted octanol–water partition coefficient (Wildman–Crippen LogP) is 2.72. The van der Waals surface area contributed by atoms with Crippen LogP contribution in [0.25, 0.3) is 0 Å². The number of aromatic nitrogens is 1. The van der Waals surface area contributed by atoms with Gasteiger partial charge in [0.15, 0.2) is 0 Å². The van der Waals surface area contributed by atoms with Gasteiger partial charge in [-0.1, -0.05) is 0 Å². The van der Waals surface area contributed by atoms with Gasteiger partial charge in [-0.15, -0.1) is 0 Å². The van der Waals surface area contributed by atoms with Crippen molar-refractivity contribution in [3.8, 4) is 0 Å². The molecule has 0 aliphatic carbocycles. The van der Waals surface area contributed by atoms with Gasteiger partial charge in [0.25, 0.3) is 0 Å². The van der Waals surface area contributed by atoms with Crippen LogP contribution >= 0.6 is 0 Å². The highest BCUT2D eigenvalue weighted by Gasteiger charge is 2.11. The van der Waals surface area contributed by atoms with E-state index >= 15 is 0 Å². The van der Waals surface area contributed by atoms with Gasteiger partial charge in [-0.05, 0) is 42.3 Å². The van der Waals surface area contributed by atoms with Gasteiger partial charge in [-0.2, -0.15) is 0 Å². The van der Waals surface area contributed by atoms with Crippen LogP contribution in [0, 0.1) is 18.6 Å². The molecule has 2 rings (SSSR count). The number of halogens is 2. The summed E-state index contributed by atoms with van der Waals surface area (Å²) in [5, 5.41) is 0. The maximum Gasteiger partial charge on any atom is 0.126 e. The van der Waals surface area contributed by atoms with Crippen molar-refractivity contribution in [1.82, 2.24) is 4.98 Å². The van der Waals surface area contributed by atoms with Crippen molar-refractivity contribution < 1.29 is 8.78 Å². The van der Waals surface area contributed by atoms with Gasteiger partial charge in [-0.3, -0.25) is 4.98 Å². The maximum absolute atomic E-state index is 13.1. The molecule has 2 nitrogen and oxygen atoms in total. The number of hydrogen-bond acceptors (Lipinski definition) is 2. The van der Waals surface area contributed by atoms with Gasteiger partial charge < -0.3 is 5.73 Å². The fourth-order valence-corrected chi connectivity index (χ4v) is 1.71. The van der Waals surface area contributed by atoms with Crippen LogP contribution in [0.1, 0.15) is 22.9 Å². The molecule has 0 bridgehead atoms. The lowest BCUT2D eigenvalue weighted by molar-refractivity contribution is 0.577. The molecular formula is C13H12F2N2. The van der Waals surface area contributed by atoms with E-state index in [0.29, 0.717) is 5.56 Å². The van der Waals surface area contributed by atoms with E-state index < -0.39 is 17.7 Å². The van der Waals surface area contributed by atoms with Crippen LogP contribution in [0.4, 0.5) is 8.78 Å². The summed E-state index contributed by atoms with van der Waals surface area (Å²) >= 11 is 0. The highest BCUT2D eigenvalue weighted by Crippen LogP contribution is 2.21. The molecule has 0 aliphatic rings. The highest BCUT2D eigenvalue weighted by molar-refractivity contribution is 5.32. The zero-order valence-electron chi connectivity index (χ0n) is 9.32. The number of nitrogens with zero attached hydrogens (tertiary/aromatic N) is 1. The van der Waals surface area contributed by atoms with Crippen molar-refractivity contribution in [2.75, 3.05) is 0 Å². The molecule has 0 saturated heterocycles. The topological polar surface area (TPSA) is 38.9 Å². The average molecular weight is 234 g/mol. The van der Waals surface area contributed by atoms with Crippen molar-refractivity contribution >= 4 is 0 Å². The Kier molecular flexibility index (Phi) is 3.15. The lowest BCUT2D eigenvalue weighted by Gasteiger charge is -2.13. The monoisotopic (exact) mass is 234 g/mol. The van der Waals surface area contributed by atoms with Crippen molar-refractivity contribution in [2.24, 2.45) is 5.73 Å². The van der Waals surface area contributed by atoms with Crippen LogP contribution in [0.2, 0.25) is 0 Å². The summed E-state index contributed by atoms with van der Waals surface area (Å²) in [6, 6.07) is 6.29. The molecule has 1 aromatic heterocycles. The fourth-order valence-electron chi connectivity index (χ4n) is 1.71. The summed E-state index contributed by atoms with van der Waals surface area (Å²) in [7, 11) is 0. The minimum Gasteiger partial charge on any atom is -0.320 e. The molecule has 88 valence electrons. The maximum atomic E-state index is 13.1. The summed E-state index contributed by atoms with van der Waals surface area (Å²) in [5.41, 5.74) is 7.97. The highest BCUT2D eigenvalue weighted by atomic mass is 19.1. The normalized spacial score (nSPS) is 12.5. The van der Waals surface area contributed by atoms with Gasteiger partial charge in [-0.25, -0.2) is 8.78 Å². The molecule has 1 heterocycles. The molecule has 1 aromatic carbocycles. The summed E-state index contributed by atoms with van der Waals surface area (Å²) in [6.45, 7) is 1.84. The van der Waals surface area contributed by atoms with E-state index in [4.69, 9.17) is 5.73 Å². The number of pyridine rings is 1. The van der Waals surface area contributed by atoms with Gasteiger partial charge in [0, 0.05) is 18.0 Å². The Bertz CT molecular complexity index is 520. The molecule has 2 aromatic rings. The van der Waals surface area contributed by atoms with Crippen molar-refractivity contribution in [3.63, 3.8) is 0 Å². The van der Waals surface area contributed by atoms with Gasteiger partial charge >= 0.3 is 0 Å². The summed E-state index contributed by atoms with van der Waals surface area (Å²) < 4.78 is 26.2. The first-order chi connectivity index (χ1) is 8.06. The minimum atomic E-state index is -0.624. The van der Waals surface area contributed by atoms with Gasteiger partial charge in [0.2, 0.25) is 0 Å². The second-order valence-corrected chi connectivity index (χ2v) is 3.91. The molecule has 0 saturated carbocycles. The molecule has 17 heavy (non-hydrogen) atoms. The van der Waals surface area contributed by atoms with Crippen LogP contribution < -0.4 is 5.73 Å². The second-order valence-electron chi connectivity index (χ2n) is 3.91. The minimum absolute atomic E-state index is 0.410. The second kappa shape index (κ2) is 4.59. The third-order valence-corrected chi connectivity index (χ3v) is 2.52. The summed E-state index contributed by atoms with van der Waals surface area (Å²) in [4.78, 5) is 4.05. The SMILES string of the molecule is Cc1cc(C(N)c2cc(F)cc(F)c2)ccn1. The summed E-state index contributed by atoms with van der Waals surface area (Å²) in [6.07, 6.45) is 1.63. The molecular weight excluding hydrogens is 222 g/mol. The van der Waals surface area contributed by atoms with E-state index in [9.17, 15) is 8.78 Å². The van der Waals surface area contributed by atoms with Crippen LogP contribution in [-0.2, 0) is 0 Å². The van der Waals surface area contributed by atoms with E-state index in [2.05, 4.69) is 4.98 Å². The fraction of sp³-hybridized carbons (Fsp3) is 0.154. The number of hydrogen-bond donors (Lipinski definition) is 1. The van der Waals surface area contributed by atoms with Crippen molar-refractivity contribution in [3.05, 3.63) is 65.0 Å². The quantitative estimate of drug-likeness (QED) is 0.867. The lowest BCUT2D eigenvalue weighted by Crippen LogP contribution is -2.12. The van der Waals surface area contributed by atoms with Crippen LogP contribution in [0.3, 0.4) is 0 Å². The lowest BCUT2D eigenvalue weighted by atomic mass is 10.00. The number of benzene rings is 1. The molecule has 1 unspecified atom stereocenters. The third-order valence-electron chi connectivity index (χ3n) is 2.52. The Hall–Kier alpha value is -1.81. The van der Waals surface area contributed by atoms with Crippen LogP contribution in [0.15, 0.2) is 36.5 Å². The van der Waals surface area contributed by atoms with E-state index in [-0.39, 0.29) is 0 Å². The van der Waals surface area contributed by atoms with Crippen molar-refractivity contribution in [2.45, 2.75) is 13.0 Å². The van der Waals surface area contributed by atoms with E-state index in [1.807, 2.05) is 6.92 Å². The molecule has 0 aliphatic heterocycles. The molecule has 0 radical (unpaired) electrons. The van der Waals surface area contributed by atoms with Gasteiger partial charge in [0.05, 0.1) is 6.04 Å². The molecule has 0 amide bonds. The Morgan fingerprint density at radius 3 is 2.29 bits per heavy atom. The largest absolute Gasteiger partial charge is 0.320 e. The number of rotatable bonds is 2. The Morgan fingerprint density at radius 1 is 1.06 bits per heavy atom. The average Bonchev–Trinajstić information content (AvgIpc) is 2.26. The third kappa shape index (κ3) is 2.65. The van der Waals surface area contributed by atoms with E-state index in [1.165, 1.54) is 12.1 Å². The van der Waals surface area contributed by atoms with Crippen LogP contribution in [-0.4, -0.2) is 4.98 Å². The Morgan fingerprint density at radius 2 is 1.71 bits per heavy atom.